The number of thioether (sulfide) groups is 1. The number of carboxylic acids is 1. The zero-order valence-electron chi connectivity index (χ0n) is 17.9. The van der Waals surface area contributed by atoms with Gasteiger partial charge in [-0.3, -0.25) is 19.2 Å². The molecule has 0 radical (unpaired) electrons. The average Bonchev–Trinajstić information content (AvgIpc) is 2.68. The highest BCUT2D eigenvalue weighted by atomic mass is 32.2. The predicted octanol–water partition coefficient (Wildman–Crippen LogP) is -1.54. The number of carboxylic acid groups (broad SMARTS) is 1. The Kier molecular flexibility index (Phi) is 14.0. The van der Waals surface area contributed by atoms with Gasteiger partial charge in [-0.1, -0.05) is 13.8 Å². The molecule has 4 unspecified atom stereocenters. The summed E-state index contributed by atoms with van der Waals surface area (Å²) in [5.41, 5.74) is 10.7. The van der Waals surface area contributed by atoms with Crippen molar-refractivity contribution in [1.29, 1.82) is 0 Å². The number of carbonyl (C=O) groups excluding carboxylic acids is 4. The Labute approximate surface area is 191 Å². The molecule has 0 rings (SSSR count). The first-order valence-corrected chi connectivity index (χ1v) is 11.7. The molecule has 13 heteroatoms. The smallest absolute Gasteiger partial charge is 0.326 e. The number of hydrogen-bond donors (Lipinski definition) is 7. The van der Waals surface area contributed by atoms with Crippen LogP contribution in [0.1, 0.15) is 33.1 Å². The number of thiol groups is 1. The Bertz CT molecular complexity index is 649. The van der Waals surface area contributed by atoms with Gasteiger partial charge in [0.05, 0.1) is 12.5 Å². The molecule has 0 aromatic carbocycles. The molecule has 0 saturated heterocycles. The van der Waals surface area contributed by atoms with E-state index in [-0.39, 0.29) is 18.1 Å². The monoisotopic (exact) mass is 479 g/mol. The molecule has 0 spiro atoms. The van der Waals surface area contributed by atoms with Crippen LogP contribution < -0.4 is 27.4 Å². The lowest BCUT2D eigenvalue weighted by atomic mass is 10.0. The van der Waals surface area contributed by atoms with Gasteiger partial charge < -0.3 is 32.5 Å². The van der Waals surface area contributed by atoms with E-state index in [0.29, 0.717) is 12.2 Å². The van der Waals surface area contributed by atoms with Gasteiger partial charge in [-0.05, 0) is 30.8 Å². The Morgan fingerprint density at radius 2 is 1.48 bits per heavy atom. The summed E-state index contributed by atoms with van der Waals surface area (Å²) in [5.74, 6) is -3.59. The maximum Gasteiger partial charge on any atom is 0.326 e. The third-order valence-corrected chi connectivity index (χ3v) is 5.17. The highest BCUT2D eigenvalue weighted by Crippen LogP contribution is 2.08. The lowest BCUT2D eigenvalue weighted by Gasteiger charge is -2.25. The Hall–Kier alpha value is -1.99. The van der Waals surface area contributed by atoms with Gasteiger partial charge in [0.15, 0.2) is 0 Å². The van der Waals surface area contributed by atoms with E-state index in [9.17, 15) is 29.1 Å². The Morgan fingerprint density at radius 1 is 0.968 bits per heavy atom. The predicted molar refractivity (Wildman–Crippen MR) is 122 cm³/mol. The van der Waals surface area contributed by atoms with Crippen LogP contribution in [0.4, 0.5) is 0 Å². The van der Waals surface area contributed by atoms with Crippen molar-refractivity contribution >= 4 is 54.0 Å². The fourth-order valence-electron chi connectivity index (χ4n) is 2.51. The third-order valence-electron chi connectivity index (χ3n) is 4.14. The van der Waals surface area contributed by atoms with E-state index < -0.39 is 60.2 Å². The van der Waals surface area contributed by atoms with Crippen LogP contribution in [0.5, 0.6) is 0 Å². The summed E-state index contributed by atoms with van der Waals surface area (Å²) < 4.78 is 0. The minimum absolute atomic E-state index is 0.0210. The van der Waals surface area contributed by atoms with Crippen LogP contribution in [0, 0.1) is 5.92 Å². The topological polar surface area (TPSA) is 194 Å². The zero-order chi connectivity index (χ0) is 24.1. The normalized spacial score (nSPS) is 14.8. The van der Waals surface area contributed by atoms with Gasteiger partial charge >= 0.3 is 5.97 Å². The minimum atomic E-state index is -1.52. The first-order chi connectivity index (χ1) is 14.4. The van der Waals surface area contributed by atoms with Gasteiger partial charge in [-0.15, -0.1) is 0 Å². The van der Waals surface area contributed by atoms with Crippen molar-refractivity contribution in [3.8, 4) is 0 Å². The first-order valence-electron chi connectivity index (χ1n) is 9.70. The summed E-state index contributed by atoms with van der Waals surface area (Å²) >= 11 is 5.44. The van der Waals surface area contributed by atoms with Gasteiger partial charge in [0.25, 0.3) is 0 Å². The fourth-order valence-corrected chi connectivity index (χ4v) is 3.15. The molecular formula is C18H33N5O6S2. The highest BCUT2D eigenvalue weighted by molar-refractivity contribution is 7.98. The molecule has 4 atom stereocenters. The summed E-state index contributed by atoms with van der Waals surface area (Å²) in [6, 6.07) is -4.42. The van der Waals surface area contributed by atoms with Crippen molar-refractivity contribution < 1.29 is 29.1 Å². The van der Waals surface area contributed by atoms with Crippen molar-refractivity contribution in [3.63, 3.8) is 0 Å². The third kappa shape index (κ3) is 11.8. The molecule has 0 fully saturated rings. The van der Waals surface area contributed by atoms with Crippen molar-refractivity contribution in [3.05, 3.63) is 0 Å². The van der Waals surface area contributed by atoms with E-state index in [0.717, 1.165) is 0 Å². The van der Waals surface area contributed by atoms with E-state index in [1.54, 1.807) is 0 Å². The van der Waals surface area contributed by atoms with Crippen molar-refractivity contribution in [1.82, 2.24) is 16.0 Å². The molecule has 0 aliphatic rings. The number of hydrogen-bond acceptors (Lipinski definition) is 8. The van der Waals surface area contributed by atoms with Crippen LogP contribution >= 0.6 is 24.4 Å². The number of amides is 4. The summed E-state index contributed by atoms with van der Waals surface area (Å²) in [4.78, 5) is 60.0. The second-order valence-corrected chi connectivity index (χ2v) is 8.74. The number of primary amides is 1. The summed E-state index contributed by atoms with van der Waals surface area (Å²) in [5, 5.41) is 16.6. The average molecular weight is 480 g/mol. The molecular weight excluding hydrogens is 446 g/mol. The zero-order valence-corrected chi connectivity index (χ0v) is 19.6. The number of aliphatic carboxylic acids is 1. The van der Waals surface area contributed by atoms with Crippen LogP contribution in [0.25, 0.3) is 0 Å². The highest BCUT2D eigenvalue weighted by Gasteiger charge is 2.31. The van der Waals surface area contributed by atoms with Crippen LogP contribution in [0.15, 0.2) is 0 Å². The number of nitrogens with one attached hydrogen (secondary N) is 3. The molecule has 4 amide bonds. The van der Waals surface area contributed by atoms with E-state index in [1.807, 2.05) is 20.1 Å². The van der Waals surface area contributed by atoms with Crippen LogP contribution in [-0.4, -0.2) is 76.6 Å². The molecule has 11 nitrogen and oxygen atoms in total. The Balaban J connectivity index is 5.43. The SMILES string of the molecule is CSCCC(NC(=O)C(N)CS)C(=O)NC(CC(C)C)C(=O)NC(CC(N)=O)C(=O)O. The lowest BCUT2D eigenvalue weighted by Crippen LogP contribution is -2.57. The number of carbonyl (C=O) groups is 5. The molecule has 178 valence electrons. The van der Waals surface area contributed by atoms with Crippen LogP contribution in [-0.2, 0) is 24.0 Å². The van der Waals surface area contributed by atoms with Crippen molar-refractivity contribution in [2.75, 3.05) is 17.8 Å². The number of rotatable bonds is 15. The first kappa shape index (κ1) is 29.0. The second-order valence-electron chi connectivity index (χ2n) is 7.39. The minimum Gasteiger partial charge on any atom is -0.480 e. The van der Waals surface area contributed by atoms with Gasteiger partial charge in [-0.25, -0.2) is 4.79 Å². The molecule has 0 aliphatic carbocycles. The molecule has 0 heterocycles. The van der Waals surface area contributed by atoms with E-state index in [4.69, 9.17) is 11.5 Å². The second kappa shape index (κ2) is 14.9. The van der Waals surface area contributed by atoms with Crippen molar-refractivity contribution in [2.45, 2.75) is 57.3 Å². The molecule has 8 N–H and O–H groups in total. The van der Waals surface area contributed by atoms with Gasteiger partial charge in [0.2, 0.25) is 23.6 Å². The van der Waals surface area contributed by atoms with E-state index >= 15 is 0 Å². The molecule has 0 aliphatic heterocycles. The summed E-state index contributed by atoms with van der Waals surface area (Å²) in [7, 11) is 0. The van der Waals surface area contributed by atoms with Crippen LogP contribution in [0.3, 0.4) is 0 Å². The summed E-state index contributed by atoms with van der Waals surface area (Å²) in [6.45, 7) is 3.65. The quantitative estimate of drug-likeness (QED) is 0.137. The largest absolute Gasteiger partial charge is 0.480 e. The van der Waals surface area contributed by atoms with Crippen molar-refractivity contribution in [2.24, 2.45) is 17.4 Å². The van der Waals surface area contributed by atoms with E-state index in [2.05, 4.69) is 28.6 Å². The number of nitrogens with two attached hydrogens (primary N) is 2. The maximum absolute atomic E-state index is 12.8. The molecule has 0 aromatic rings. The Morgan fingerprint density at radius 3 is 1.94 bits per heavy atom. The standard InChI is InChI=1S/C18H33N5O6S2/c1-9(2)6-12(17(27)23-13(18(28)29)7-14(20)24)22-16(26)11(4-5-31-3)21-15(25)10(19)8-30/h9-13,30H,4-8,19H2,1-3H3,(H2,20,24)(H,21,25)(H,22,26)(H,23,27)(H,28,29). The molecule has 31 heavy (non-hydrogen) atoms. The van der Waals surface area contributed by atoms with Gasteiger partial charge in [-0.2, -0.15) is 24.4 Å². The summed E-state index contributed by atoms with van der Waals surface area (Å²) in [6.07, 6.45) is 1.76. The van der Waals surface area contributed by atoms with Gasteiger partial charge in [0, 0.05) is 5.75 Å². The lowest BCUT2D eigenvalue weighted by molar-refractivity contribution is -0.143. The maximum atomic E-state index is 12.8. The fraction of sp³-hybridized carbons (Fsp3) is 0.722. The van der Waals surface area contributed by atoms with Gasteiger partial charge in [0.1, 0.15) is 18.1 Å². The molecule has 0 aromatic heterocycles. The molecule has 0 saturated carbocycles. The molecule has 0 bridgehead atoms. The van der Waals surface area contributed by atoms with Crippen LogP contribution in [0.2, 0.25) is 0 Å². The van der Waals surface area contributed by atoms with E-state index in [1.165, 1.54) is 11.8 Å².